The van der Waals surface area contributed by atoms with Crippen LogP contribution in [0.4, 0.5) is 0 Å². The number of hydroxylamine groups is 1. The molecule has 0 bridgehead atoms. The van der Waals surface area contributed by atoms with Crippen molar-refractivity contribution in [3.63, 3.8) is 0 Å². The number of hydrogen-bond acceptors (Lipinski definition) is 3. The SMILES string of the molecule is Cc1cc(C(C)N=C(N)NO)c(C)s1. The van der Waals surface area contributed by atoms with Gasteiger partial charge in [-0.25, -0.2) is 10.5 Å². The van der Waals surface area contributed by atoms with Gasteiger partial charge in [-0.1, -0.05) is 0 Å². The lowest BCUT2D eigenvalue weighted by molar-refractivity contribution is 0.232. The Balaban J connectivity index is 2.89. The lowest BCUT2D eigenvalue weighted by Gasteiger charge is -2.06. The zero-order valence-corrected chi connectivity index (χ0v) is 9.35. The maximum Gasteiger partial charge on any atom is 0.213 e. The zero-order valence-electron chi connectivity index (χ0n) is 8.53. The van der Waals surface area contributed by atoms with Crippen LogP contribution in [0.3, 0.4) is 0 Å². The molecule has 1 aromatic rings. The number of guanidine groups is 1. The Morgan fingerprint density at radius 3 is 2.71 bits per heavy atom. The molecule has 0 aliphatic rings. The van der Waals surface area contributed by atoms with Gasteiger partial charge < -0.3 is 5.73 Å². The summed E-state index contributed by atoms with van der Waals surface area (Å²) in [6.45, 7) is 6.06. The summed E-state index contributed by atoms with van der Waals surface area (Å²) in [6.07, 6.45) is 0. The molecule has 0 aliphatic carbocycles. The van der Waals surface area contributed by atoms with Gasteiger partial charge in [0.1, 0.15) is 0 Å². The Kier molecular flexibility index (Phi) is 3.49. The fourth-order valence-corrected chi connectivity index (χ4v) is 2.39. The van der Waals surface area contributed by atoms with Gasteiger partial charge in [-0.05, 0) is 32.4 Å². The first-order valence-electron chi connectivity index (χ1n) is 4.35. The normalized spacial score (nSPS) is 14.1. The van der Waals surface area contributed by atoms with Gasteiger partial charge in [-0.2, -0.15) is 0 Å². The molecule has 0 fully saturated rings. The van der Waals surface area contributed by atoms with E-state index in [1.807, 2.05) is 12.4 Å². The second-order valence-corrected chi connectivity index (χ2v) is 4.63. The maximum atomic E-state index is 8.50. The number of nitrogens with zero attached hydrogens (tertiary/aromatic N) is 1. The minimum Gasteiger partial charge on any atom is -0.368 e. The van der Waals surface area contributed by atoms with E-state index in [0.717, 1.165) is 5.56 Å². The van der Waals surface area contributed by atoms with Gasteiger partial charge in [0, 0.05) is 9.75 Å². The van der Waals surface area contributed by atoms with E-state index in [9.17, 15) is 0 Å². The highest BCUT2D eigenvalue weighted by atomic mass is 32.1. The van der Waals surface area contributed by atoms with Crippen molar-refractivity contribution >= 4 is 17.3 Å². The number of rotatable bonds is 2. The van der Waals surface area contributed by atoms with Gasteiger partial charge >= 0.3 is 0 Å². The summed E-state index contributed by atoms with van der Waals surface area (Å²) in [5.74, 6) is 0.0424. The fourth-order valence-electron chi connectivity index (χ4n) is 1.37. The summed E-state index contributed by atoms with van der Waals surface area (Å²) in [7, 11) is 0. The molecule has 0 amide bonds. The van der Waals surface area contributed by atoms with Gasteiger partial charge in [0.2, 0.25) is 5.96 Å². The highest BCUT2D eigenvalue weighted by Gasteiger charge is 2.10. The van der Waals surface area contributed by atoms with Gasteiger partial charge in [-0.3, -0.25) is 5.21 Å². The molecule has 4 N–H and O–H groups in total. The standard InChI is InChI=1S/C9H15N3OS/c1-5-4-8(7(3)14-5)6(2)11-9(10)12-13/h4,6,13H,1-3H3,(H3,10,11,12). The molecule has 0 saturated carbocycles. The van der Waals surface area contributed by atoms with Crippen molar-refractivity contribution in [1.82, 2.24) is 5.48 Å². The summed E-state index contributed by atoms with van der Waals surface area (Å²) < 4.78 is 0. The molecule has 1 aromatic heterocycles. The Labute approximate surface area is 87.4 Å². The minimum atomic E-state index is -0.0281. The van der Waals surface area contributed by atoms with Crippen molar-refractivity contribution in [2.24, 2.45) is 10.7 Å². The molecule has 0 aromatic carbocycles. The molecular weight excluding hydrogens is 198 g/mol. The summed E-state index contributed by atoms with van der Waals surface area (Å²) in [4.78, 5) is 6.58. The van der Waals surface area contributed by atoms with Gasteiger partial charge in [0.05, 0.1) is 6.04 Å². The molecule has 1 rings (SSSR count). The molecular formula is C9H15N3OS. The summed E-state index contributed by atoms with van der Waals surface area (Å²) in [5.41, 5.74) is 8.34. The number of aryl methyl sites for hydroxylation is 2. The molecule has 1 unspecified atom stereocenters. The first-order valence-corrected chi connectivity index (χ1v) is 5.16. The predicted molar refractivity (Wildman–Crippen MR) is 58.8 cm³/mol. The smallest absolute Gasteiger partial charge is 0.213 e. The summed E-state index contributed by atoms with van der Waals surface area (Å²) in [5, 5.41) is 8.50. The fraction of sp³-hybridized carbons (Fsp3) is 0.444. The lowest BCUT2D eigenvalue weighted by atomic mass is 10.1. The molecule has 1 atom stereocenters. The average molecular weight is 213 g/mol. The van der Waals surface area contributed by atoms with Crippen molar-refractivity contribution < 1.29 is 5.21 Å². The van der Waals surface area contributed by atoms with Crippen LogP contribution in [0, 0.1) is 13.8 Å². The van der Waals surface area contributed by atoms with Crippen LogP contribution in [-0.4, -0.2) is 11.2 Å². The average Bonchev–Trinajstić information content (AvgIpc) is 2.45. The van der Waals surface area contributed by atoms with E-state index in [1.54, 1.807) is 11.3 Å². The number of thiophene rings is 1. The second-order valence-electron chi connectivity index (χ2n) is 3.17. The second kappa shape index (κ2) is 4.43. The zero-order chi connectivity index (χ0) is 10.7. The van der Waals surface area contributed by atoms with Crippen LogP contribution in [0.25, 0.3) is 0 Å². The number of nitrogens with one attached hydrogen (secondary N) is 1. The Hall–Kier alpha value is -1.07. The Morgan fingerprint density at radius 1 is 1.64 bits per heavy atom. The van der Waals surface area contributed by atoms with E-state index in [-0.39, 0.29) is 12.0 Å². The molecule has 0 saturated heterocycles. The highest BCUT2D eigenvalue weighted by Crippen LogP contribution is 2.27. The van der Waals surface area contributed by atoms with Crippen molar-refractivity contribution in [2.75, 3.05) is 0 Å². The molecule has 14 heavy (non-hydrogen) atoms. The molecule has 0 radical (unpaired) electrons. The molecule has 4 nitrogen and oxygen atoms in total. The van der Waals surface area contributed by atoms with Crippen LogP contribution in [0.15, 0.2) is 11.1 Å². The molecule has 1 heterocycles. The molecule has 5 heteroatoms. The van der Waals surface area contributed by atoms with Gasteiger partial charge in [0.25, 0.3) is 0 Å². The third-order valence-corrected chi connectivity index (χ3v) is 2.96. The van der Waals surface area contributed by atoms with Crippen molar-refractivity contribution in [3.8, 4) is 0 Å². The van der Waals surface area contributed by atoms with E-state index in [4.69, 9.17) is 10.9 Å². The largest absolute Gasteiger partial charge is 0.368 e. The Morgan fingerprint density at radius 2 is 2.29 bits per heavy atom. The van der Waals surface area contributed by atoms with Crippen LogP contribution in [0.1, 0.15) is 28.3 Å². The maximum absolute atomic E-state index is 8.50. The van der Waals surface area contributed by atoms with Crippen molar-refractivity contribution in [3.05, 3.63) is 21.4 Å². The van der Waals surface area contributed by atoms with Gasteiger partial charge in [0.15, 0.2) is 0 Å². The van der Waals surface area contributed by atoms with E-state index in [2.05, 4.69) is 24.9 Å². The quantitative estimate of drug-likeness (QED) is 0.398. The summed E-state index contributed by atoms with van der Waals surface area (Å²) in [6, 6.07) is 2.07. The first-order chi connectivity index (χ1) is 6.54. The number of nitrogens with two attached hydrogens (primary N) is 1. The van der Waals surface area contributed by atoms with Crippen molar-refractivity contribution in [2.45, 2.75) is 26.8 Å². The van der Waals surface area contributed by atoms with Crippen LogP contribution in [-0.2, 0) is 0 Å². The van der Waals surface area contributed by atoms with E-state index < -0.39 is 0 Å². The number of hydrogen-bond donors (Lipinski definition) is 3. The number of aliphatic imine (C=N–C) groups is 1. The highest BCUT2D eigenvalue weighted by molar-refractivity contribution is 7.12. The van der Waals surface area contributed by atoms with Crippen LogP contribution < -0.4 is 11.2 Å². The lowest BCUT2D eigenvalue weighted by Crippen LogP contribution is -2.28. The predicted octanol–water partition coefficient (Wildman–Crippen LogP) is 1.72. The first kappa shape index (κ1) is 11.0. The minimum absolute atomic E-state index is 0.0281. The van der Waals surface area contributed by atoms with Crippen LogP contribution >= 0.6 is 11.3 Å². The third-order valence-electron chi connectivity index (χ3n) is 1.98. The third kappa shape index (κ3) is 2.46. The molecule has 0 spiro atoms. The van der Waals surface area contributed by atoms with E-state index in [0.29, 0.717) is 0 Å². The van der Waals surface area contributed by atoms with E-state index in [1.165, 1.54) is 9.75 Å². The monoisotopic (exact) mass is 213 g/mol. The van der Waals surface area contributed by atoms with Crippen molar-refractivity contribution in [1.29, 1.82) is 0 Å². The Bertz CT molecular complexity index is 346. The molecule has 0 aliphatic heterocycles. The van der Waals surface area contributed by atoms with Gasteiger partial charge in [-0.15, -0.1) is 11.3 Å². The summed E-state index contributed by atoms with van der Waals surface area (Å²) >= 11 is 1.74. The van der Waals surface area contributed by atoms with E-state index >= 15 is 0 Å². The van der Waals surface area contributed by atoms with Crippen LogP contribution in [0.2, 0.25) is 0 Å². The van der Waals surface area contributed by atoms with Crippen LogP contribution in [0.5, 0.6) is 0 Å². The topological polar surface area (TPSA) is 70.6 Å². The molecule has 78 valence electrons.